The number of anilines is 2. The molecule has 0 spiro atoms. The van der Waals surface area contributed by atoms with Gasteiger partial charge in [-0.1, -0.05) is 26.7 Å². The lowest BCUT2D eigenvalue weighted by Crippen LogP contribution is -2.35. The van der Waals surface area contributed by atoms with E-state index in [0.29, 0.717) is 23.0 Å². The second-order valence-corrected chi connectivity index (χ2v) is 6.50. The minimum absolute atomic E-state index is 0.122. The van der Waals surface area contributed by atoms with Gasteiger partial charge in [0.1, 0.15) is 5.75 Å². The molecule has 1 aliphatic carbocycles. The highest BCUT2D eigenvalue weighted by atomic mass is 16.5. The fourth-order valence-electron chi connectivity index (χ4n) is 3.42. The number of nitrogen functional groups attached to an aromatic ring is 1. The van der Waals surface area contributed by atoms with Crippen LogP contribution >= 0.6 is 0 Å². The molecule has 21 heavy (non-hydrogen) atoms. The van der Waals surface area contributed by atoms with E-state index in [4.69, 9.17) is 10.5 Å². The number of carbonyl (C=O) groups excluding carboxylic acids is 1. The smallest absolute Gasteiger partial charge is 0.230 e. The first kappa shape index (κ1) is 15.7. The van der Waals surface area contributed by atoms with Crippen molar-refractivity contribution in [3.63, 3.8) is 0 Å². The summed E-state index contributed by atoms with van der Waals surface area (Å²) in [5.74, 6) is 1.25. The average Bonchev–Trinajstić information content (AvgIpc) is 2.89. The lowest BCUT2D eigenvalue weighted by Gasteiger charge is -2.29. The number of nitrogens with one attached hydrogen (secondary N) is 1. The monoisotopic (exact) mass is 290 g/mol. The van der Waals surface area contributed by atoms with Gasteiger partial charge in [0.15, 0.2) is 0 Å². The third kappa shape index (κ3) is 3.49. The van der Waals surface area contributed by atoms with Crippen LogP contribution < -0.4 is 15.8 Å². The van der Waals surface area contributed by atoms with Crippen molar-refractivity contribution in [2.75, 3.05) is 18.2 Å². The summed E-state index contributed by atoms with van der Waals surface area (Å²) < 4.78 is 5.31. The molecule has 1 aromatic rings. The molecule has 0 atom stereocenters. The molecule has 0 aliphatic heterocycles. The lowest BCUT2D eigenvalue weighted by atomic mass is 9.77. The third-order valence-electron chi connectivity index (χ3n) is 4.32. The molecule has 1 saturated carbocycles. The number of hydrogen-bond acceptors (Lipinski definition) is 3. The standard InChI is InChI=1S/C17H26N2O2/c1-12(2)11-17(8-4-5-9-17)16(20)19-14-7-6-13(18)10-15(14)21-3/h6-7,10,12H,4-5,8-9,11,18H2,1-3H3,(H,19,20). The van der Waals surface area contributed by atoms with Crippen LogP contribution in [0.4, 0.5) is 11.4 Å². The Balaban J connectivity index is 2.19. The molecule has 0 radical (unpaired) electrons. The number of rotatable bonds is 5. The largest absolute Gasteiger partial charge is 0.494 e. The van der Waals surface area contributed by atoms with Crippen LogP contribution in [0.25, 0.3) is 0 Å². The van der Waals surface area contributed by atoms with Crippen molar-refractivity contribution in [1.29, 1.82) is 0 Å². The molecule has 1 amide bonds. The number of amides is 1. The SMILES string of the molecule is COc1cc(N)ccc1NC(=O)C1(CC(C)C)CCCC1. The maximum absolute atomic E-state index is 12.8. The molecule has 4 heteroatoms. The van der Waals surface area contributed by atoms with Crippen LogP contribution in [0.3, 0.4) is 0 Å². The summed E-state index contributed by atoms with van der Waals surface area (Å²) in [6.07, 6.45) is 5.18. The zero-order valence-electron chi connectivity index (χ0n) is 13.2. The Labute approximate surface area is 127 Å². The number of nitrogens with two attached hydrogens (primary N) is 1. The number of methoxy groups -OCH3 is 1. The molecule has 3 N–H and O–H groups in total. The molecule has 4 nitrogen and oxygen atoms in total. The van der Waals surface area contributed by atoms with Crippen LogP contribution in [0.5, 0.6) is 5.75 Å². The molecule has 1 aromatic carbocycles. The summed E-state index contributed by atoms with van der Waals surface area (Å²) in [6.45, 7) is 4.36. The van der Waals surface area contributed by atoms with Gasteiger partial charge >= 0.3 is 0 Å². The second kappa shape index (κ2) is 6.37. The van der Waals surface area contributed by atoms with Gasteiger partial charge in [-0.25, -0.2) is 0 Å². The highest BCUT2D eigenvalue weighted by Crippen LogP contribution is 2.44. The predicted octanol–water partition coefficient (Wildman–Crippen LogP) is 3.82. The quantitative estimate of drug-likeness (QED) is 0.810. The van der Waals surface area contributed by atoms with Crippen molar-refractivity contribution < 1.29 is 9.53 Å². The Hall–Kier alpha value is -1.71. The topological polar surface area (TPSA) is 64.3 Å². The summed E-state index contributed by atoms with van der Waals surface area (Å²) in [4.78, 5) is 12.8. The summed E-state index contributed by atoms with van der Waals surface area (Å²) in [7, 11) is 1.59. The van der Waals surface area contributed by atoms with Gasteiger partial charge in [0.2, 0.25) is 5.91 Å². The first-order valence-electron chi connectivity index (χ1n) is 7.72. The van der Waals surface area contributed by atoms with Gasteiger partial charge in [-0.05, 0) is 37.3 Å². The van der Waals surface area contributed by atoms with Gasteiger partial charge in [0, 0.05) is 17.2 Å². The van der Waals surface area contributed by atoms with Crippen LogP contribution in [0.2, 0.25) is 0 Å². The number of benzene rings is 1. The third-order valence-corrected chi connectivity index (χ3v) is 4.32. The fraction of sp³-hybridized carbons (Fsp3) is 0.588. The van der Waals surface area contributed by atoms with Crippen molar-refractivity contribution in [2.24, 2.45) is 11.3 Å². The van der Waals surface area contributed by atoms with E-state index >= 15 is 0 Å². The Kier molecular flexibility index (Phi) is 4.76. The summed E-state index contributed by atoms with van der Waals surface area (Å²) in [5, 5.41) is 3.06. The van der Waals surface area contributed by atoms with Gasteiger partial charge in [-0.2, -0.15) is 0 Å². The number of ether oxygens (including phenoxy) is 1. The first-order chi connectivity index (χ1) is 9.97. The van der Waals surface area contributed by atoms with Gasteiger partial charge in [-0.3, -0.25) is 4.79 Å². The van der Waals surface area contributed by atoms with E-state index in [0.717, 1.165) is 32.1 Å². The lowest BCUT2D eigenvalue weighted by molar-refractivity contribution is -0.126. The van der Waals surface area contributed by atoms with E-state index < -0.39 is 0 Å². The van der Waals surface area contributed by atoms with Crippen molar-refractivity contribution in [3.8, 4) is 5.75 Å². The van der Waals surface area contributed by atoms with Crippen molar-refractivity contribution in [2.45, 2.75) is 46.0 Å². The van der Waals surface area contributed by atoms with E-state index in [1.54, 1.807) is 19.2 Å². The number of carbonyl (C=O) groups is 1. The molecule has 0 aromatic heterocycles. The van der Waals surface area contributed by atoms with Crippen LogP contribution in [0.1, 0.15) is 46.0 Å². The van der Waals surface area contributed by atoms with Crippen LogP contribution in [-0.2, 0) is 4.79 Å². The molecule has 0 bridgehead atoms. The average molecular weight is 290 g/mol. The molecule has 2 rings (SSSR count). The molecule has 0 unspecified atom stereocenters. The molecular weight excluding hydrogens is 264 g/mol. The Bertz CT molecular complexity index is 506. The van der Waals surface area contributed by atoms with Crippen LogP contribution in [0.15, 0.2) is 18.2 Å². The highest BCUT2D eigenvalue weighted by molar-refractivity contribution is 5.97. The zero-order valence-corrected chi connectivity index (χ0v) is 13.2. The van der Waals surface area contributed by atoms with E-state index in [9.17, 15) is 4.79 Å². The Morgan fingerprint density at radius 3 is 2.62 bits per heavy atom. The van der Waals surface area contributed by atoms with Gasteiger partial charge in [0.25, 0.3) is 0 Å². The molecule has 1 fully saturated rings. The summed E-state index contributed by atoms with van der Waals surface area (Å²) in [6, 6.07) is 5.32. The highest BCUT2D eigenvalue weighted by Gasteiger charge is 2.41. The molecule has 0 saturated heterocycles. The van der Waals surface area contributed by atoms with Crippen LogP contribution in [-0.4, -0.2) is 13.0 Å². The van der Waals surface area contributed by atoms with E-state index in [1.165, 1.54) is 0 Å². The van der Waals surface area contributed by atoms with Crippen molar-refractivity contribution >= 4 is 17.3 Å². The molecule has 0 heterocycles. The minimum atomic E-state index is -0.222. The normalized spacial score (nSPS) is 17.0. The zero-order chi connectivity index (χ0) is 15.5. The van der Waals surface area contributed by atoms with Gasteiger partial charge < -0.3 is 15.8 Å². The van der Waals surface area contributed by atoms with Crippen molar-refractivity contribution in [1.82, 2.24) is 0 Å². The number of hydrogen-bond donors (Lipinski definition) is 2. The maximum atomic E-state index is 12.8. The summed E-state index contributed by atoms with van der Waals surface area (Å²) in [5.41, 5.74) is 6.86. The fourth-order valence-corrected chi connectivity index (χ4v) is 3.42. The Morgan fingerprint density at radius 2 is 2.05 bits per heavy atom. The van der Waals surface area contributed by atoms with E-state index in [1.807, 2.05) is 6.07 Å². The van der Waals surface area contributed by atoms with E-state index in [2.05, 4.69) is 19.2 Å². The second-order valence-electron chi connectivity index (χ2n) is 6.50. The Morgan fingerprint density at radius 1 is 1.38 bits per heavy atom. The molecular formula is C17H26N2O2. The van der Waals surface area contributed by atoms with Crippen LogP contribution in [0, 0.1) is 11.3 Å². The summed E-state index contributed by atoms with van der Waals surface area (Å²) >= 11 is 0. The molecule has 1 aliphatic rings. The van der Waals surface area contributed by atoms with Crippen molar-refractivity contribution in [3.05, 3.63) is 18.2 Å². The van der Waals surface area contributed by atoms with E-state index in [-0.39, 0.29) is 11.3 Å². The minimum Gasteiger partial charge on any atom is -0.494 e. The van der Waals surface area contributed by atoms with Gasteiger partial charge in [0.05, 0.1) is 12.8 Å². The van der Waals surface area contributed by atoms with Gasteiger partial charge in [-0.15, -0.1) is 0 Å². The molecule has 116 valence electrons. The predicted molar refractivity (Wildman–Crippen MR) is 86.4 cm³/mol. The first-order valence-corrected chi connectivity index (χ1v) is 7.72. The maximum Gasteiger partial charge on any atom is 0.230 e.